The van der Waals surface area contributed by atoms with E-state index < -0.39 is 0 Å². The first-order chi connectivity index (χ1) is 9.24. The van der Waals surface area contributed by atoms with Crippen LogP contribution in [0.4, 0.5) is 5.95 Å². The molecule has 0 atom stereocenters. The molecule has 2 aromatic heterocycles. The monoisotopic (exact) mass is 339 g/mol. The predicted molar refractivity (Wildman–Crippen MR) is 80.6 cm³/mol. The molecular weight excluding hydrogens is 326 g/mol. The van der Waals surface area contributed by atoms with Crippen molar-refractivity contribution in [3.8, 4) is 10.7 Å². The van der Waals surface area contributed by atoms with Gasteiger partial charge in [0.25, 0.3) is 0 Å². The van der Waals surface area contributed by atoms with Crippen LogP contribution in [0.25, 0.3) is 10.7 Å². The second-order valence-electron chi connectivity index (χ2n) is 4.50. The van der Waals surface area contributed by atoms with Crippen LogP contribution >= 0.6 is 27.3 Å². The minimum absolute atomic E-state index is 0.741. The average molecular weight is 340 g/mol. The Hall–Kier alpha value is -1.05. The van der Waals surface area contributed by atoms with Gasteiger partial charge in [0.1, 0.15) is 6.33 Å². The molecule has 0 spiro atoms. The molecule has 2 aromatic rings. The summed E-state index contributed by atoms with van der Waals surface area (Å²) in [4.78, 5) is 18.7. The van der Waals surface area contributed by atoms with Crippen LogP contribution in [0.5, 0.6) is 0 Å². The fourth-order valence-electron chi connectivity index (χ4n) is 2.01. The van der Waals surface area contributed by atoms with Gasteiger partial charge in [0.2, 0.25) is 5.95 Å². The smallest absolute Gasteiger partial charge is 0.229 e. The number of anilines is 1. The van der Waals surface area contributed by atoms with Crippen LogP contribution < -0.4 is 4.90 Å². The number of halogens is 1. The van der Waals surface area contributed by atoms with Crippen LogP contribution in [0.15, 0.2) is 22.2 Å². The van der Waals surface area contributed by atoms with Gasteiger partial charge in [-0.3, -0.25) is 0 Å². The third-order valence-electron chi connectivity index (χ3n) is 3.17. The molecule has 0 amide bonds. The number of rotatable bonds is 2. The van der Waals surface area contributed by atoms with Gasteiger partial charge in [-0.25, -0.2) is 9.97 Å². The minimum atomic E-state index is 0.741. The van der Waals surface area contributed by atoms with Gasteiger partial charge in [-0.1, -0.05) is 0 Å². The van der Waals surface area contributed by atoms with Crippen LogP contribution in [-0.2, 0) is 0 Å². The number of nitrogens with zero attached hydrogens (tertiary/aromatic N) is 5. The highest BCUT2D eigenvalue weighted by atomic mass is 79.9. The zero-order valence-electron chi connectivity index (χ0n) is 10.6. The lowest BCUT2D eigenvalue weighted by atomic mass is 10.3. The second kappa shape index (κ2) is 5.52. The van der Waals surface area contributed by atoms with Crippen molar-refractivity contribution in [2.24, 2.45) is 0 Å². The lowest BCUT2D eigenvalue weighted by Gasteiger charge is -2.32. The van der Waals surface area contributed by atoms with Gasteiger partial charge in [0, 0.05) is 30.7 Å². The molecule has 0 saturated carbocycles. The summed E-state index contributed by atoms with van der Waals surface area (Å²) in [5.74, 6) is 1.52. The maximum absolute atomic E-state index is 4.59. The Morgan fingerprint density at radius 1 is 1.21 bits per heavy atom. The molecule has 100 valence electrons. The first-order valence-corrected chi connectivity index (χ1v) is 7.77. The summed E-state index contributed by atoms with van der Waals surface area (Å²) in [5, 5.41) is 2.03. The predicted octanol–water partition coefficient (Wildman–Crippen LogP) is 2.11. The first kappa shape index (κ1) is 13.0. The van der Waals surface area contributed by atoms with Gasteiger partial charge >= 0.3 is 0 Å². The Balaban J connectivity index is 1.86. The van der Waals surface area contributed by atoms with E-state index in [9.17, 15) is 0 Å². The molecule has 0 N–H and O–H groups in total. The van der Waals surface area contributed by atoms with Crippen molar-refractivity contribution in [1.82, 2.24) is 19.9 Å². The van der Waals surface area contributed by atoms with E-state index >= 15 is 0 Å². The molecule has 3 rings (SSSR count). The highest BCUT2D eigenvalue weighted by Crippen LogP contribution is 2.31. The fourth-order valence-corrected chi connectivity index (χ4v) is 3.50. The first-order valence-electron chi connectivity index (χ1n) is 6.10. The quantitative estimate of drug-likeness (QED) is 0.838. The van der Waals surface area contributed by atoms with E-state index in [1.165, 1.54) is 0 Å². The summed E-state index contributed by atoms with van der Waals surface area (Å²) in [6.07, 6.45) is 1.60. The highest BCUT2D eigenvalue weighted by molar-refractivity contribution is 9.10. The molecule has 0 unspecified atom stereocenters. The van der Waals surface area contributed by atoms with Crippen molar-refractivity contribution in [3.63, 3.8) is 0 Å². The topological polar surface area (TPSA) is 45.2 Å². The van der Waals surface area contributed by atoms with Crippen LogP contribution in [0, 0.1) is 0 Å². The molecule has 0 radical (unpaired) electrons. The van der Waals surface area contributed by atoms with Crippen molar-refractivity contribution in [2.45, 2.75) is 0 Å². The maximum Gasteiger partial charge on any atom is 0.229 e. The van der Waals surface area contributed by atoms with Crippen LogP contribution in [-0.4, -0.2) is 53.1 Å². The summed E-state index contributed by atoms with van der Waals surface area (Å²) in [6, 6.07) is 2.01. The molecule has 1 saturated heterocycles. The molecule has 1 fully saturated rings. The number of hydrogen-bond donors (Lipinski definition) is 0. The van der Waals surface area contributed by atoms with E-state index in [4.69, 9.17) is 0 Å². The van der Waals surface area contributed by atoms with E-state index in [2.05, 4.69) is 47.7 Å². The number of thiophene rings is 1. The van der Waals surface area contributed by atoms with Gasteiger partial charge < -0.3 is 9.80 Å². The number of hydrogen-bond acceptors (Lipinski definition) is 6. The molecule has 1 aliphatic rings. The van der Waals surface area contributed by atoms with E-state index in [0.29, 0.717) is 0 Å². The molecule has 0 aliphatic carbocycles. The summed E-state index contributed by atoms with van der Waals surface area (Å²) in [5.41, 5.74) is 0. The SMILES string of the molecule is CN1CCN(c2ncnc(-c3sccc3Br)n2)CC1. The van der Waals surface area contributed by atoms with Gasteiger partial charge in [0.05, 0.1) is 4.88 Å². The van der Waals surface area contributed by atoms with E-state index in [0.717, 1.165) is 47.3 Å². The highest BCUT2D eigenvalue weighted by Gasteiger charge is 2.18. The van der Waals surface area contributed by atoms with Gasteiger partial charge in [-0.05, 0) is 34.4 Å². The van der Waals surface area contributed by atoms with Crippen molar-refractivity contribution >= 4 is 33.2 Å². The van der Waals surface area contributed by atoms with E-state index in [1.54, 1.807) is 17.7 Å². The zero-order chi connectivity index (χ0) is 13.2. The molecular formula is C12H14BrN5S. The van der Waals surface area contributed by atoms with Crippen LogP contribution in [0.2, 0.25) is 0 Å². The molecule has 0 bridgehead atoms. The lowest BCUT2D eigenvalue weighted by Crippen LogP contribution is -2.45. The average Bonchev–Trinajstić information content (AvgIpc) is 2.86. The lowest BCUT2D eigenvalue weighted by molar-refractivity contribution is 0.311. The van der Waals surface area contributed by atoms with Crippen LogP contribution in [0.1, 0.15) is 0 Å². The molecule has 3 heterocycles. The largest absolute Gasteiger partial charge is 0.338 e. The molecule has 19 heavy (non-hydrogen) atoms. The zero-order valence-corrected chi connectivity index (χ0v) is 13.0. The Morgan fingerprint density at radius 2 is 2.00 bits per heavy atom. The van der Waals surface area contributed by atoms with Crippen molar-refractivity contribution in [1.29, 1.82) is 0 Å². The normalized spacial score (nSPS) is 16.8. The van der Waals surface area contributed by atoms with E-state index in [-0.39, 0.29) is 0 Å². The van der Waals surface area contributed by atoms with E-state index in [1.807, 2.05) is 11.4 Å². The Kier molecular flexibility index (Phi) is 3.76. The second-order valence-corrected chi connectivity index (χ2v) is 6.27. The molecule has 7 heteroatoms. The molecule has 1 aliphatic heterocycles. The third kappa shape index (κ3) is 2.77. The summed E-state index contributed by atoms with van der Waals surface area (Å²) in [7, 11) is 2.14. The number of piperazine rings is 1. The van der Waals surface area contributed by atoms with Crippen molar-refractivity contribution < 1.29 is 0 Å². The summed E-state index contributed by atoms with van der Waals surface area (Å²) in [6.45, 7) is 4.02. The Morgan fingerprint density at radius 3 is 2.68 bits per heavy atom. The van der Waals surface area contributed by atoms with Crippen molar-refractivity contribution in [2.75, 3.05) is 38.1 Å². The molecule has 0 aromatic carbocycles. The van der Waals surface area contributed by atoms with Crippen LogP contribution in [0.3, 0.4) is 0 Å². The van der Waals surface area contributed by atoms with Gasteiger partial charge in [0.15, 0.2) is 5.82 Å². The van der Waals surface area contributed by atoms with Gasteiger partial charge in [-0.15, -0.1) is 11.3 Å². The molecule has 5 nitrogen and oxygen atoms in total. The minimum Gasteiger partial charge on any atom is -0.338 e. The van der Waals surface area contributed by atoms with Crippen molar-refractivity contribution in [3.05, 3.63) is 22.2 Å². The third-order valence-corrected chi connectivity index (χ3v) is 5.00. The Labute approximate surface area is 124 Å². The van der Waals surface area contributed by atoms with Gasteiger partial charge in [-0.2, -0.15) is 4.98 Å². The number of aromatic nitrogens is 3. The number of likely N-dealkylation sites (N-methyl/N-ethyl adjacent to an activating group) is 1. The Bertz CT molecular complexity index is 565. The maximum atomic E-state index is 4.59. The summed E-state index contributed by atoms with van der Waals surface area (Å²) < 4.78 is 1.04. The standard InChI is InChI=1S/C12H14BrN5S/c1-17-3-5-18(6-4-17)12-15-8-14-11(16-12)10-9(13)2-7-19-10/h2,7-8H,3-6H2,1H3. The summed E-state index contributed by atoms with van der Waals surface area (Å²) >= 11 is 5.15. The fraction of sp³-hybridized carbons (Fsp3) is 0.417.